The van der Waals surface area contributed by atoms with Crippen molar-refractivity contribution in [2.24, 2.45) is 0 Å². The minimum atomic E-state index is 0. The number of benzene rings is 1. The Bertz CT molecular complexity index is 717. The fourth-order valence-electron chi connectivity index (χ4n) is 3.96. The maximum Gasteiger partial charge on any atom is 0.173 e. The summed E-state index contributed by atoms with van der Waals surface area (Å²) in [7, 11) is 1.70. The highest BCUT2D eigenvalue weighted by molar-refractivity contribution is 5.26. The van der Waals surface area contributed by atoms with Crippen LogP contribution in [0.25, 0.3) is 0 Å². The Labute approximate surface area is 205 Å². The molecule has 1 fully saturated rings. The van der Waals surface area contributed by atoms with Gasteiger partial charge in [-0.15, -0.1) is 0 Å². The van der Waals surface area contributed by atoms with E-state index in [1.54, 1.807) is 7.11 Å². The van der Waals surface area contributed by atoms with E-state index in [1.807, 2.05) is 12.1 Å². The summed E-state index contributed by atoms with van der Waals surface area (Å²) in [5.74, 6) is 0.906. The summed E-state index contributed by atoms with van der Waals surface area (Å²) in [6, 6.07) is 12.7. The van der Waals surface area contributed by atoms with Crippen molar-refractivity contribution in [3.05, 3.63) is 59.9 Å². The molecular weight excluding hydrogens is 501 g/mol. The van der Waals surface area contributed by atoms with Crippen molar-refractivity contribution in [3.63, 3.8) is 0 Å². The summed E-state index contributed by atoms with van der Waals surface area (Å²) < 4.78 is 18.9. The molecule has 1 atom stereocenters. The van der Waals surface area contributed by atoms with Gasteiger partial charge in [0.15, 0.2) is 25.2 Å². The van der Waals surface area contributed by atoms with Crippen molar-refractivity contribution in [2.75, 3.05) is 20.3 Å². The van der Waals surface area contributed by atoms with Gasteiger partial charge in [-0.05, 0) is 68.9 Å². The summed E-state index contributed by atoms with van der Waals surface area (Å²) in [5, 5.41) is 0. The average Bonchev–Trinajstić information content (AvgIpc) is 2.79. The Morgan fingerprint density at radius 2 is 1.71 bits per heavy atom. The maximum absolute atomic E-state index is 5.80. The lowest BCUT2D eigenvalue weighted by atomic mass is 10.1. The van der Waals surface area contributed by atoms with Gasteiger partial charge in [-0.1, -0.05) is 25.7 Å². The molecule has 1 aromatic carbocycles. The average molecular weight is 539 g/mol. The zero-order chi connectivity index (χ0) is 20.9. The van der Waals surface area contributed by atoms with Crippen LogP contribution < -0.4 is 33.3 Å². The molecule has 1 aromatic heterocycles. The normalized spacial score (nSPS) is 16.0. The first-order chi connectivity index (χ1) is 14.8. The highest BCUT2D eigenvalue weighted by atomic mass is 127. The van der Waals surface area contributed by atoms with E-state index in [4.69, 9.17) is 14.2 Å². The van der Waals surface area contributed by atoms with Crippen LogP contribution >= 0.6 is 0 Å². The summed E-state index contributed by atoms with van der Waals surface area (Å²) in [5.41, 5.74) is 2.71. The van der Waals surface area contributed by atoms with E-state index < -0.39 is 0 Å². The second-order valence-corrected chi connectivity index (χ2v) is 8.27. The topological polar surface area (TPSA) is 31.6 Å². The number of halogens is 1. The van der Waals surface area contributed by atoms with E-state index in [9.17, 15) is 0 Å². The van der Waals surface area contributed by atoms with E-state index in [1.165, 1.54) is 56.1 Å². The SMILES string of the molecule is COc1ccc(C[n+]2cccc(CCCCCCCCOC3CCCCO3)c2)cc1.[I-]. The van der Waals surface area contributed by atoms with Crippen LogP contribution in [-0.2, 0) is 22.4 Å². The molecule has 0 N–H and O–H groups in total. The molecule has 172 valence electrons. The number of aromatic nitrogens is 1. The van der Waals surface area contributed by atoms with Gasteiger partial charge in [-0.2, -0.15) is 0 Å². The van der Waals surface area contributed by atoms with Gasteiger partial charge in [-0.3, -0.25) is 0 Å². The number of unbranched alkanes of at least 4 members (excludes halogenated alkanes) is 5. The van der Waals surface area contributed by atoms with Gasteiger partial charge in [-0.25, -0.2) is 4.57 Å². The molecule has 3 rings (SSSR count). The summed E-state index contributed by atoms with van der Waals surface area (Å²) in [6.07, 6.45) is 16.8. The molecule has 0 amide bonds. The van der Waals surface area contributed by atoms with E-state index in [2.05, 4.69) is 41.2 Å². The molecule has 1 unspecified atom stereocenters. The quantitative estimate of drug-likeness (QED) is 0.223. The first kappa shape index (κ1) is 26.1. The van der Waals surface area contributed by atoms with Crippen molar-refractivity contribution < 1.29 is 42.8 Å². The number of pyridine rings is 1. The number of ether oxygens (including phenoxy) is 3. The standard InChI is InChI=1S/C26H38NO3.HI/c1-28-25-16-14-24(15-17-25)22-27-18-10-12-23(21-27)11-6-4-2-3-5-8-19-29-26-13-7-9-20-30-26;/h10,12,14-18,21,26H,2-9,11,13,19-20,22H2,1H3;1H/q+1;/p-1. The molecule has 0 saturated carbocycles. The number of rotatable bonds is 13. The van der Waals surface area contributed by atoms with Gasteiger partial charge in [0.1, 0.15) is 5.75 Å². The molecule has 2 aromatic rings. The predicted molar refractivity (Wildman–Crippen MR) is 120 cm³/mol. The van der Waals surface area contributed by atoms with Crippen molar-refractivity contribution >= 4 is 0 Å². The molecule has 0 bridgehead atoms. The first-order valence-electron chi connectivity index (χ1n) is 11.7. The van der Waals surface area contributed by atoms with E-state index in [0.717, 1.165) is 44.8 Å². The second kappa shape index (κ2) is 15.6. The van der Waals surface area contributed by atoms with Gasteiger partial charge in [0.2, 0.25) is 0 Å². The molecule has 0 aliphatic carbocycles. The second-order valence-electron chi connectivity index (χ2n) is 8.27. The fourth-order valence-corrected chi connectivity index (χ4v) is 3.96. The van der Waals surface area contributed by atoms with Gasteiger partial charge in [0.05, 0.1) is 7.11 Å². The number of methoxy groups -OCH3 is 1. The summed E-state index contributed by atoms with van der Waals surface area (Å²) in [6.45, 7) is 2.61. The highest BCUT2D eigenvalue weighted by Crippen LogP contribution is 2.15. The van der Waals surface area contributed by atoms with Crippen molar-refractivity contribution in [3.8, 4) is 5.75 Å². The minimum absolute atomic E-state index is 0. The lowest BCUT2D eigenvalue weighted by Crippen LogP contribution is -3.00. The molecule has 1 aliphatic rings. The summed E-state index contributed by atoms with van der Waals surface area (Å²) in [4.78, 5) is 0. The molecule has 0 radical (unpaired) electrons. The maximum atomic E-state index is 5.80. The third-order valence-corrected chi connectivity index (χ3v) is 5.75. The number of nitrogens with zero attached hydrogens (tertiary/aromatic N) is 1. The van der Waals surface area contributed by atoms with Crippen LogP contribution in [0.15, 0.2) is 48.8 Å². The van der Waals surface area contributed by atoms with Gasteiger partial charge >= 0.3 is 0 Å². The number of aryl methyl sites for hydroxylation is 1. The predicted octanol–water partition coefficient (Wildman–Crippen LogP) is 2.46. The molecule has 5 heteroatoms. The Morgan fingerprint density at radius 1 is 0.935 bits per heavy atom. The van der Waals surface area contributed by atoms with Crippen LogP contribution in [0, 0.1) is 0 Å². The molecule has 31 heavy (non-hydrogen) atoms. The Morgan fingerprint density at radius 3 is 2.45 bits per heavy atom. The lowest BCUT2D eigenvalue weighted by Gasteiger charge is -2.22. The van der Waals surface area contributed by atoms with Crippen LogP contribution in [0.5, 0.6) is 5.75 Å². The lowest BCUT2D eigenvalue weighted by molar-refractivity contribution is -0.688. The van der Waals surface area contributed by atoms with Crippen molar-refractivity contribution in [2.45, 2.75) is 77.0 Å². The van der Waals surface area contributed by atoms with Crippen LogP contribution in [0.3, 0.4) is 0 Å². The molecule has 2 heterocycles. The van der Waals surface area contributed by atoms with Crippen LogP contribution in [0.1, 0.15) is 68.9 Å². The zero-order valence-corrected chi connectivity index (χ0v) is 21.1. The first-order valence-corrected chi connectivity index (χ1v) is 11.7. The van der Waals surface area contributed by atoms with Crippen molar-refractivity contribution in [1.82, 2.24) is 0 Å². The van der Waals surface area contributed by atoms with Crippen LogP contribution in [-0.4, -0.2) is 26.6 Å². The Kier molecular flexibility index (Phi) is 13.1. The van der Waals surface area contributed by atoms with Crippen LogP contribution in [0.2, 0.25) is 0 Å². The molecular formula is C26H38INO3. The van der Waals surface area contributed by atoms with Gasteiger partial charge in [0.25, 0.3) is 0 Å². The van der Waals surface area contributed by atoms with E-state index >= 15 is 0 Å². The third kappa shape index (κ3) is 10.3. The van der Waals surface area contributed by atoms with E-state index in [0.29, 0.717) is 0 Å². The Balaban J connectivity index is 0.00000341. The number of hydrogen-bond donors (Lipinski definition) is 0. The molecule has 0 spiro atoms. The smallest absolute Gasteiger partial charge is 0.173 e. The highest BCUT2D eigenvalue weighted by Gasteiger charge is 2.13. The monoisotopic (exact) mass is 539 g/mol. The number of hydrogen-bond acceptors (Lipinski definition) is 3. The van der Waals surface area contributed by atoms with Crippen molar-refractivity contribution in [1.29, 1.82) is 0 Å². The zero-order valence-electron chi connectivity index (χ0n) is 18.9. The molecule has 1 saturated heterocycles. The van der Waals surface area contributed by atoms with Gasteiger partial charge < -0.3 is 38.2 Å². The molecule has 1 aliphatic heterocycles. The molecule has 4 nitrogen and oxygen atoms in total. The van der Waals surface area contributed by atoms with Gasteiger partial charge in [0, 0.05) is 30.4 Å². The fraction of sp³-hybridized carbons (Fsp3) is 0.577. The largest absolute Gasteiger partial charge is 1.00 e. The third-order valence-electron chi connectivity index (χ3n) is 5.75. The van der Waals surface area contributed by atoms with E-state index in [-0.39, 0.29) is 30.3 Å². The van der Waals surface area contributed by atoms with Crippen LogP contribution in [0.4, 0.5) is 0 Å². The Hall–Kier alpha value is -1.18. The minimum Gasteiger partial charge on any atom is -1.00 e. The summed E-state index contributed by atoms with van der Waals surface area (Å²) >= 11 is 0.